The smallest absolute Gasteiger partial charge is 0.308 e. The quantitative estimate of drug-likeness (QED) is 0.393. The van der Waals surface area contributed by atoms with Gasteiger partial charge in [-0.25, -0.2) is 0 Å². The van der Waals surface area contributed by atoms with Gasteiger partial charge in [-0.1, -0.05) is 42.5 Å². The van der Waals surface area contributed by atoms with Gasteiger partial charge in [0, 0.05) is 29.0 Å². The van der Waals surface area contributed by atoms with E-state index in [9.17, 15) is 9.59 Å². The summed E-state index contributed by atoms with van der Waals surface area (Å²) in [6, 6.07) is 16.8. The van der Waals surface area contributed by atoms with Crippen molar-refractivity contribution < 1.29 is 14.3 Å². The monoisotopic (exact) mass is 288 g/mol. The highest BCUT2D eigenvalue weighted by molar-refractivity contribution is 6.26. The van der Waals surface area contributed by atoms with Crippen molar-refractivity contribution in [3.63, 3.8) is 0 Å². The summed E-state index contributed by atoms with van der Waals surface area (Å²) in [5.74, 6) is 0.138. The minimum absolute atomic E-state index is 0.0186. The molecule has 1 aliphatic carbocycles. The normalized spacial score (nSPS) is 12.1. The summed E-state index contributed by atoms with van der Waals surface area (Å²) in [4.78, 5) is 23.9. The second-order valence-corrected chi connectivity index (χ2v) is 5.31. The van der Waals surface area contributed by atoms with Gasteiger partial charge < -0.3 is 4.74 Å². The number of esters is 1. The molecule has 0 unspecified atom stereocenters. The van der Waals surface area contributed by atoms with E-state index in [0.29, 0.717) is 16.9 Å². The lowest BCUT2D eigenvalue weighted by Crippen LogP contribution is -2.02. The Hall–Kier alpha value is -2.94. The Morgan fingerprint density at radius 2 is 1.64 bits per heavy atom. The molecule has 0 atom stereocenters. The van der Waals surface area contributed by atoms with Crippen molar-refractivity contribution in [2.24, 2.45) is 0 Å². The van der Waals surface area contributed by atoms with Crippen LogP contribution in [0, 0.1) is 0 Å². The molecule has 3 nitrogen and oxygen atoms in total. The number of hydrogen-bond acceptors (Lipinski definition) is 3. The second-order valence-electron chi connectivity index (χ2n) is 5.31. The van der Waals surface area contributed by atoms with Gasteiger partial charge in [-0.2, -0.15) is 0 Å². The molecular weight excluding hydrogens is 276 g/mol. The summed E-state index contributed by atoms with van der Waals surface area (Å²) in [6.45, 7) is 1.38. The molecular formula is C19H12O3. The van der Waals surface area contributed by atoms with Gasteiger partial charge in [-0.05, 0) is 23.1 Å². The maximum atomic E-state index is 12.6. The molecule has 0 aliphatic heterocycles. The third kappa shape index (κ3) is 1.69. The summed E-state index contributed by atoms with van der Waals surface area (Å²) in [7, 11) is 0. The Bertz CT molecular complexity index is 954. The molecule has 0 saturated heterocycles. The van der Waals surface area contributed by atoms with E-state index in [0.717, 1.165) is 21.9 Å². The third-order valence-corrected chi connectivity index (χ3v) is 3.95. The topological polar surface area (TPSA) is 43.4 Å². The first-order valence-electron chi connectivity index (χ1n) is 7.05. The molecule has 0 aromatic heterocycles. The molecule has 22 heavy (non-hydrogen) atoms. The Labute approximate surface area is 127 Å². The van der Waals surface area contributed by atoms with Crippen LogP contribution >= 0.6 is 0 Å². The van der Waals surface area contributed by atoms with Gasteiger partial charge in [0.1, 0.15) is 5.75 Å². The first kappa shape index (κ1) is 12.8. The van der Waals surface area contributed by atoms with Gasteiger partial charge in [0.2, 0.25) is 0 Å². The van der Waals surface area contributed by atoms with Gasteiger partial charge in [0.05, 0.1) is 0 Å². The minimum Gasteiger partial charge on any atom is -0.426 e. The summed E-state index contributed by atoms with van der Waals surface area (Å²) < 4.78 is 5.35. The SMILES string of the molecule is CC(=O)Oc1cccc2ccc3c(c12)-c1ccccc1C3=O. The molecule has 3 aromatic rings. The molecule has 0 fully saturated rings. The zero-order valence-corrected chi connectivity index (χ0v) is 11.9. The van der Waals surface area contributed by atoms with Crippen molar-refractivity contribution in [3.8, 4) is 16.9 Å². The first-order valence-corrected chi connectivity index (χ1v) is 7.05. The van der Waals surface area contributed by atoms with E-state index in [1.54, 1.807) is 6.07 Å². The van der Waals surface area contributed by atoms with Crippen molar-refractivity contribution in [1.29, 1.82) is 0 Å². The van der Waals surface area contributed by atoms with E-state index in [1.807, 2.05) is 48.5 Å². The Kier molecular flexibility index (Phi) is 2.63. The molecule has 4 rings (SSSR count). The largest absolute Gasteiger partial charge is 0.426 e. The summed E-state index contributed by atoms with van der Waals surface area (Å²) >= 11 is 0. The second kappa shape index (κ2) is 4.53. The zero-order chi connectivity index (χ0) is 15.3. The van der Waals surface area contributed by atoms with Crippen molar-refractivity contribution in [3.05, 3.63) is 65.7 Å². The predicted octanol–water partition coefficient (Wildman–Crippen LogP) is 3.98. The lowest BCUT2D eigenvalue weighted by molar-refractivity contribution is -0.131. The standard InChI is InChI=1S/C19H12O3/c1-11(20)22-16-8-4-5-12-9-10-15-18(17(12)16)13-6-2-3-7-14(13)19(15)21/h2-10H,1H3. The number of carbonyl (C=O) groups is 2. The van der Waals surface area contributed by atoms with E-state index < -0.39 is 0 Å². The van der Waals surface area contributed by atoms with Crippen LogP contribution in [0.4, 0.5) is 0 Å². The Morgan fingerprint density at radius 1 is 0.864 bits per heavy atom. The van der Waals surface area contributed by atoms with Gasteiger partial charge >= 0.3 is 5.97 Å². The maximum absolute atomic E-state index is 12.6. The fraction of sp³-hybridized carbons (Fsp3) is 0.0526. The van der Waals surface area contributed by atoms with Crippen LogP contribution in [0.15, 0.2) is 54.6 Å². The highest BCUT2D eigenvalue weighted by Gasteiger charge is 2.29. The molecule has 0 N–H and O–H groups in total. The van der Waals surface area contributed by atoms with Crippen LogP contribution in [0.2, 0.25) is 0 Å². The number of benzene rings is 3. The van der Waals surface area contributed by atoms with Crippen molar-refractivity contribution in [2.75, 3.05) is 0 Å². The number of ether oxygens (including phenoxy) is 1. The molecule has 106 valence electrons. The Balaban J connectivity index is 2.14. The van der Waals surface area contributed by atoms with Gasteiger partial charge in [-0.3, -0.25) is 9.59 Å². The number of carbonyl (C=O) groups excluding carboxylic acids is 2. The van der Waals surface area contributed by atoms with E-state index in [-0.39, 0.29) is 11.8 Å². The number of hydrogen-bond donors (Lipinski definition) is 0. The lowest BCUT2D eigenvalue weighted by atomic mass is 9.97. The van der Waals surface area contributed by atoms with E-state index >= 15 is 0 Å². The van der Waals surface area contributed by atoms with Crippen molar-refractivity contribution in [2.45, 2.75) is 6.92 Å². The first-order chi connectivity index (χ1) is 10.7. The van der Waals surface area contributed by atoms with Crippen LogP contribution < -0.4 is 4.74 Å². The van der Waals surface area contributed by atoms with Crippen molar-refractivity contribution in [1.82, 2.24) is 0 Å². The molecule has 0 radical (unpaired) electrons. The summed E-state index contributed by atoms with van der Waals surface area (Å²) in [6.07, 6.45) is 0. The molecule has 0 bridgehead atoms. The molecule has 0 amide bonds. The molecule has 3 aromatic carbocycles. The van der Waals surface area contributed by atoms with E-state index in [1.165, 1.54) is 6.92 Å². The minimum atomic E-state index is -0.372. The molecule has 1 aliphatic rings. The highest BCUT2D eigenvalue weighted by atomic mass is 16.5. The number of fused-ring (bicyclic) bond motifs is 5. The molecule has 0 saturated carbocycles. The average molecular weight is 288 g/mol. The zero-order valence-electron chi connectivity index (χ0n) is 11.9. The van der Waals surface area contributed by atoms with Gasteiger partial charge in [-0.15, -0.1) is 0 Å². The lowest BCUT2D eigenvalue weighted by Gasteiger charge is -2.11. The fourth-order valence-electron chi connectivity index (χ4n) is 3.10. The Morgan fingerprint density at radius 3 is 2.41 bits per heavy atom. The highest BCUT2D eigenvalue weighted by Crippen LogP contribution is 2.44. The van der Waals surface area contributed by atoms with Crippen LogP contribution in [-0.2, 0) is 4.79 Å². The number of ketones is 1. The van der Waals surface area contributed by atoms with Crippen LogP contribution in [0.25, 0.3) is 21.9 Å². The molecule has 0 spiro atoms. The predicted molar refractivity (Wildman–Crippen MR) is 84.1 cm³/mol. The van der Waals surface area contributed by atoms with Gasteiger partial charge in [0.15, 0.2) is 5.78 Å². The molecule has 0 heterocycles. The fourth-order valence-corrected chi connectivity index (χ4v) is 3.10. The third-order valence-electron chi connectivity index (χ3n) is 3.95. The summed E-state index contributed by atoms with van der Waals surface area (Å²) in [5.41, 5.74) is 3.11. The van der Waals surface area contributed by atoms with Crippen LogP contribution in [0.3, 0.4) is 0 Å². The molecule has 3 heteroatoms. The average Bonchev–Trinajstić information content (AvgIpc) is 2.81. The maximum Gasteiger partial charge on any atom is 0.308 e. The van der Waals surface area contributed by atoms with Crippen LogP contribution in [0.5, 0.6) is 5.75 Å². The van der Waals surface area contributed by atoms with Gasteiger partial charge in [0.25, 0.3) is 0 Å². The van der Waals surface area contributed by atoms with Crippen molar-refractivity contribution >= 4 is 22.5 Å². The van der Waals surface area contributed by atoms with E-state index in [4.69, 9.17) is 4.74 Å². The van der Waals surface area contributed by atoms with E-state index in [2.05, 4.69) is 0 Å². The number of rotatable bonds is 1. The van der Waals surface area contributed by atoms with Crippen LogP contribution in [0.1, 0.15) is 22.8 Å². The van der Waals surface area contributed by atoms with Crippen LogP contribution in [-0.4, -0.2) is 11.8 Å². The summed E-state index contributed by atoms with van der Waals surface area (Å²) in [5, 5.41) is 1.76.